The van der Waals surface area contributed by atoms with Crippen molar-refractivity contribution in [2.45, 2.75) is 19.8 Å². The fourth-order valence-electron chi connectivity index (χ4n) is 3.63. The first-order chi connectivity index (χ1) is 9.77. The van der Waals surface area contributed by atoms with Crippen LogP contribution in [0.25, 0.3) is 22.0 Å². The van der Waals surface area contributed by atoms with Crippen molar-refractivity contribution in [1.29, 1.82) is 0 Å². The highest BCUT2D eigenvalue weighted by Crippen LogP contribution is 2.44. The Bertz CT molecular complexity index is 746. The summed E-state index contributed by atoms with van der Waals surface area (Å²) in [6, 6.07) is 12.7. The second-order valence-corrected chi connectivity index (χ2v) is 5.68. The van der Waals surface area contributed by atoms with E-state index in [1.54, 1.807) is 6.92 Å². The number of hydrogen-bond acceptors (Lipinski definition) is 2. The van der Waals surface area contributed by atoms with E-state index in [1.165, 1.54) is 34.9 Å². The van der Waals surface area contributed by atoms with Gasteiger partial charge in [0, 0.05) is 24.2 Å². The number of Topliss-reactive ketones (excluding diaryl/α,β-unsaturated/α-hetero) is 1. The summed E-state index contributed by atoms with van der Waals surface area (Å²) in [5.41, 5.74) is 4.44. The van der Waals surface area contributed by atoms with E-state index in [2.05, 4.69) is 41.3 Å². The molecule has 2 nitrogen and oxygen atoms in total. The number of likely N-dealkylation sites (tertiary alicyclic amines) is 1. The molecule has 1 heterocycles. The Morgan fingerprint density at radius 2 is 1.65 bits per heavy atom. The average molecular weight is 263 g/mol. The zero-order valence-electron chi connectivity index (χ0n) is 11.6. The second kappa shape index (κ2) is 4.20. The number of rotatable bonds is 2. The normalized spacial score (nSPS) is 17.4. The Morgan fingerprint density at radius 3 is 2.30 bits per heavy atom. The molecule has 0 amide bonds. The third kappa shape index (κ3) is 1.48. The van der Waals surface area contributed by atoms with Crippen LogP contribution >= 0.6 is 0 Å². The lowest BCUT2D eigenvalue weighted by atomic mass is 10.0. The van der Waals surface area contributed by atoms with Gasteiger partial charge in [-0.25, -0.2) is 0 Å². The van der Waals surface area contributed by atoms with E-state index in [9.17, 15) is 4.79 Å². The fourth-order valence-corrected chi connectivity index (χ4v) is 3.63. The number of ketones is 1. The second-order valence-electron chi connectivity index (χ2n) is 5.68. The Labute approximate surface area is 118 Å². The summed E-state index contributed by atoms with van der Waals surface area (Å²) in [4.78, 5) is 14.6. The lowest BCUT2D eigenvalue weighted by Gasteiger charge is -2.21. The highest BCUT2D eigenvalue weighted by atomic mass is 16.1. The largest absolute Gasteiger partial charge is 0.370 e. The van der Waals surface area contributed by atoms with Gasteiger partial charge in [0.2, 0.25) is 0 Å². The lowest BCUT2D eigenvalue weighted by molar-refractivity contribution is -0.111. The van der Waals surface area contributed by atoms with Crippen LogP contribution in [0.15, 0.2) is 36.4 Å². The molecule has 20 heavy (non-hydrogen) atoms. The zero-order valence-corrected chi connectivity index (χ0v) is 11.6. The van der Waals surface area contributed by atoms with Crippen LogP contribution in [0.4, 0.5) is 0 Å². The monoisotopic (exact) mass is 263 g/mol. The molecule has 0 radical (unpaired) electrons. The Balaban J connectivity index is 2.06. The third-order valence-corrected chi connectivity index (χ3v) is 4.44. The maximum absolute atomic E-state index is 12.2. The van der Waals surface area contributed by atoms with Gasteiger partial charge in [0.05, 0.1) is 5.70 Å². The molecule has 4 rings (SSSR count). The predicted molar refractivity (Wildman–Crippen MR) is 82.3 cm³/mol. The first-order valence-corrected chi connectivity index (χ1v) is 7.30. The molecule has 0 N–H and O–H groups in total. The molecule has 2 aliphatic rings. The SMILES string of the molecule is CC(=O)C1=C(N2CCCC2)c2cccc3cccc1c23. The van der Waals surface area contributed by atoms with E-state index in [0.717, 1.165) is 24.2 Å². The summed E-state index contributed by atoms with van der Waals surface area (Å²) in [6.07, 6.45) is 2.45. The van der Waals surface area contributed by atoms with Crippen molar-refractivity contribution in [2.75, 3.05) is 13.1 Å². The fraction of sp³-hybridized carbons (Fsp3) is 0.278. The summed E-state index contributed by atoms with van der Waals surface area (Å²) >= 11 is 0. The molecular weight excluding hydrogens is 246 g/mol. The van der Waals surface area contributed by atoms with Crippen molar-refractivity contribution in [2.24, 2.45) is 0 Å². The Morgan fingerprint density at radius 1 is 1.00 bits per heavy atom. The van der Waals surface area contributed by atoms with Crippen LogP contribution in [0.3, 0.4) is 0 Å². The van der Waals surface area contributed by atoms with Crippen LogP contribution in [-0.2, 0) is 4.79 Å². The molecule has 0 saturated carbocycles. The van der Waals surface area contributed by atoms with Crippen LogP contribution in [-0.4, -0.2) is 23.8 Å². The van der Waals surface area contributed by atoms with Crippen LogP contribution < -0.4 is 0 Å². The summed E-state index contributed by atoms with van der Waals surface area (Å²) in [6.45, 7) is 3.82. The van der Waals surface area contributed by atoms with Crippen LogP contribution in [0.1, 0.15) is 30.9 Å². The predicted octanol–water partition coefficient (Wildman–Crippen LogP) is 3.71. The third-order valence-electron chi connectivity index (χ3n) is 4.44. The Kier molecular flexibility index (Phi) is 2.46. The molecule has 1 saturated heterocycles. The molecule has 0 spiro atoms. The van der Waals surface area contributed by atoms with Crippen molar-refractivity contribution >= 4 is 27.8 Å². The smallest absolute Gasteiger partial charge is 0.162 e. The molecule has 2 aromatic rings. The van der Waals surface area contributed by atoms with Gasteiger partial charge in [-0.1, -0.05) is 36.4 Å². The molecule has 1 aliphatic heterocycles. The van der Waals surface area contributed by atoms with E-state index in [4.69, 9.17) is 0 Å². The van der Waals surface area contributed by atoms with Crippen molar-refractivity contribution in [3.05, 3.63) is 47.5 Å². The minimum absolute atomic E-state index is 0.176. The van der Waals surface area contributed by atoms with Crippen molar-refractivity contribution < 1.29 is 4.79 Å². The number of benzene rings is 2. The number of carbonyl (C=O) groups excluding carboxylic acids is 1. The molecule has 0 atom stereocenters. The lowest BCUT2D eigenvalue weighted by Crippen LogP contribution is -2.18. The van der Waals surface area contributed by atoms with Gasteiger partial charge in [0.25, 0.3) is 0 Å². The standard InChI is InChI=1S/C18H17NO/c1-12(20)16-14-8-4-6-13-7-5-9-15(17(13)14)18(16)19-10-2-3-11-19/h4-9H,2-3,10-11H2,1H3. The summed E-state index contributed by atoms with van der Waals surface area (Å²) < 4.78 is 0. The van der Waals surface area contributed by atoms with Crippen LogP contribution in [0.5, 0.6) is 0 Å². The molecule has 2 aromatic carbocycles. The van der Waals surface area contributed by atoms with E-state index < -0.39 is 0 Å². The summed E-state index contributed by atoms with van der Waals surface area (Å²) in [5, 5.41) is 2.48. The van der Waals surface area contributed by atoms with Gasteiger partial charge >= 0.3 is 0 Å². The van der Waals surface area contributed by atoms with Crippen molar-refractivity contribution in [3.63, 3.8) is 0 Å². The number of carbonyl (C=O) groups is 1. The molecule has 0 bridgehead atoms. The average Bonchev–Trinajstić information content (AvgIpc) is 3.06. The topological polar surface area (TPSA) is 20.3 Å². The van der Waals surface area contributed by atoms with Gasteiger partial charge in [0.15, 0.2) is 5.78 Å². The molecule has 0 unspecified atom stereocenters. The maximum atomic E-state index is 12.2. The maximum Gasteiger partial charge on any atom is 0.162 e. The van der Waals surface area contributed by atoms with E-state index in [1.807, 2.05) is 0 Å². The molecule has 1 fully saturated rings. The quantitative estimate of drug-likeness (QED) is 0.823. The van der Waals surface area contributed by atoms with Crippen molar-refractivity contribution in [1.82, 2.24) is 4.90 Å². The Hall–Kier alpha value is -2.09. The van der Waals surface area contributed by atoms with Crippen LogP contribution in [0, 0.1) is 0 Å². The van der Waals surface area contributed by atoms with E-state index in [0.29, 0.717) is 0 Å². The molecule has 100 valence electrons. The van der Waals surface area contributed by atoms with Gasteiger partial charge in [-0.2, -0.15) is 0 Å². The highest BCUT2D eigenvalue weighted by Gasteiger charge is 2.30. The molecule has 1 aliphatic carbocycles. The van der Waals surface area contributed by atoms with Crippen LogP contribution in [0.2, 0.25) is 0 Å². The van der Waals surface area contributed by atoms with Crippen molar-refractivity contribution in [3.8, 4) is 0 Å². The summed E-state index contributed by atoms with van der Waals surface area (Å²) in [5.74, 6) is 0.176. The first kappa shape index (κ1) is 11.7. The molecule has 0 aromatic heterocycles. The van der Waals surface area contributed by atoms with E-state index >= 15 is 0 Å². The first-order valence-electron chi connectivity index (χ1n) is 7.30. The van der Waals surface area contributed by atoms with Gasteiger partial charge in [-0.15, -0.1) is 0 Å². The van der Waals surface area contributed by atoms with Gasteiger partial charge in [-0.3, -0.25) is 4.79 Å². The number of allylic oxidation sites excluding steroid dienone is 1. The number of nitrogens with zero attached hydrogens (tertiary/aromatic N) is 1. The van der Waals surface area contributed by atoms with E-state index in [-0.39, 0.29) is 5.78 Å². The molecule has 2 heteroatoms. The van der Waals surface area contributed by atoms with Gasteiger partial charge < -0.3 is 4.90 Å². The molecular formula is C18H17NO. The number of hydrogen-bond donors (Lipinski definition) is 0. The zero-order chi connectivity index (χ0) is 13.7. The van der Waals surface area contributed by atoms with Gasteiger partial charge in [0.1, 0.15) is 0 Å². The summed E-state index contributed by atoms with van der Waals surface area (Å²) in [7, 11) is 0. The van der Waals surface area contributed by atoms with Gasteiger partial charge in [-0.05, 0) is 36.1 Å². The highest BCUT2D eigenvalue weighted by molar-refractivity contribution is 6.34. The minimum Gasteiger partial charge on any atom is -0.370 e. The minimum atomic E-state index is 0.176.